The van der Waals surface area contributed by atoms with E-state index in [1.54, 1.807) is 0 Å². The van der Waals surface area contributed by atoms with Gasteiger partial charge in [0.1, 0.15) is 0 Å². The number of Topliss-reactive ketones (excluding diaryl/α,β-unsaturated/α-hetero) is 1. The molecule has 1 aromatic carbocycles. The van der Waals surface area contributed by atoms with E-state index in [4.69, 9.17) is 0 Å². The van der Waals surface area contributed by atoms with Gasteiger partial charge in [-0.1, -0.05) is 77.6 Å². The van der Waals surface area contributed by atoms with E-state index >= 15 is 0 Å². The van der Waals surface area contributed by atoms with E-state index in [-0.39, 0.29) is 0 Å². The van der Waals surface area contributed by atoms with Crippen molar-refractivity contribution in [2.24, 2.45) is 0 Å². The summed E-state index contributed by atoms with van der Waals surface area (Å²) in [6, 6.07) is 10.5. The Labute approximate surface area is 179 Å². The molecule has 3 rings (SSSR count). The monoisotopic (exact) mass is 409 g/mol. The van der Waals surface area contributed by atoms with E-state index in [9.17, 15) is 4.79 Å². The highest BCUT2D eigenvalue weighted by Gasteiger charge is 2.43. The summed E-state index contributed by atoms with van der Waals surface area (Å²) >= 11 is 0. The van der Waals surface area contributed by atoms with Crippen molar-refractivity contribution in [2.45, 2.75) is 83.8 Å². The van der Waals surface area contributed by atoms with Gasteiger partial charge in [0.15, 0.2) is 5.78 Å². The van der Waals surface area contributed by atoms with Gasteiger partial charge < -0.3 is 4.90 Å². The Bertz CT molecular complexity index is 760. The second-order valence-corrected chi connectivity index (χ2v) is 15.7. The Hall–Kier alpha value is -1.61. The maximum atomic E-state index is 13.7. The summed E-state index contributed by atoms with van der Waals surface area (Å²) in [6.45, 7) is 16.5. The fourth-order valence-electron chi connectivity index (χ4n) is 5.88. The molecule has 0 saturated carbocycles. The van der Waals surface area contributed by atoms with Crippen molar-refractivity contribution in [3.05, 3.63) is 58.4 Å². The van der Waals surface area contributed by atoms with Crippen LogP contribution in [0.25, 0.3) is 0 Å². The molecule has 2 aliphatic rings. The van der Waals surface area contributed by atoms with Gasteiger partial charge >= 0.3 is 0 Å². The largest absolute Gasteiger partial charge is 0.374 e. The van der Waals surface area contributed by atoms with Crippen molar-refractivity contribution in [2.75, 3.05) is 13.1 Å². The summed E-state index contributed by atoms with van der Waals surface area (Å²) in [7, 11) is -1.75. The van der Waals surface area contributed by atoms with Crippen molar-refractivity contribution in [1.29, 1.82) is 0 Å². The molecule has 0 amide bonds. The lowest BCUT2D eigenvalue weighted by Gasteiger charge is -2.41. The van der Waals surface area contributed by atoms with E-state index in [1.807, 2.05) is 0 Å². The Morgan fingerprint density at radius 3 is 2.00 bits per heavy atom. The van der Waals surface area contributed by atoms with Gasteiger partial charge in [0.05, 0.1) is 8.07 Å². The summed E-state index contributed by atoms with van der Waals surface area (Å²) in [5, 5.41) is 0. The fraction of sp³-hybridized carbons (Fsp3) is 0.577. The molecule has 3 heteroatoms. The zero-order valence-corrected chi connectivity index (χ0v) is 20.3. The van der Waals surface area contributed by atoms with Gasteiger partial charge in [-0.2, -0.15) is 0 Å². The average molecular weight is 410 g/mol. The minimum Gasteiger partial charge on any atom is -0.374 e. The molecular formula is C26H39NOSi. The molecule has 1 aromatic rings. The van der Waals surface area contributed by atoms with Crippen molar-refractivity contribution in [3.63, 3.8) is 0 Å². The summed E-state index contributed by atoms with van der Waals surface area (Å²) in [4.78, 5) is 16.2. The van der Waals surface area contributed by atoms with E-state index in [0.29, 0.717) is 22.4 Å². The molecule has 0 N–H and O–H groups in total. The number of allylic oxidation sites excluding steroid dienone is 2. The molecule has 0 spiro atoms. The summed E-state index contributed by atoms with van der Waals surface area (Å²) in [6.07, 6.45) is 4.11. The number of rotatable bonds is 7. The number of hydrogen-bond acceptors (Lipinski definition) is 2. The molecule has 2 nitrogen and oxygen atoms in total. The van der Waals surface area contributed by atoms with Crippen molar-refractivity contribution < 1.29 is 4.79 Å². The molecule has 1 saturated heterocycles. The molecule has 1 aliphatic heterocycles. The standard InChI is InChI=1S/C26H39NOSi/c1-19(2)29(20(3)4,21(5)6)18-23-17-25(27-14-10-11-15-27)24(26(23)28)16-22-12-8-7-9-13-22/h7-9,12-13,18-21H,10-11,14-17H2,1-6H3/b23-18+. The zero-order valence-electron chi connectivity index (χ0n) is 19.3. The van der Waals surface area contributed by atoms with E-state index < -0.39 is 8.07 Å². The lowest BCUT2D eigenvalue weighted by molar-refractivity contribution is -0.112. The number of carbonyl (C=O) groups excluding carboxylic acids is 1. The first-order valence-corrected chi connectivity index (χ1v) is 13.9. The van der Waals surface area contributed by atoms with Crippen LogP contribution in [0.15, 0.2) is 52.9 Å². The van der Waals surface area contributed by atoms with Crippen molar-refractivity contribution in [3.8, 4) is 0 Å². The van der Waals surface area contributed by atoms with Gasteiger partial charge in [0, 0.05) is 37.2 Å². The van der Waals surface area contributed by atoms with Crippen LogP contribution in [0.5, 0.6) is 0 Å². The topological polar surface area (TPSA) is 20.3 Å². The number of nitrogens with zero attached hydrogens (tertiary/aromatic N) is 1. The molecule has 1 aliphatic carbocycles. The summed E-state index contributed by atoms with van der Waals surface area (Å²) < 4.78 is 0. The molecule has 1 heterocycles. The molecule has 29 heavy (non-hydrogen) atoms. The second-order valence-electron chi connectivity index (χ2n) is 9.92. The molecule has 0 atom stereocenters. The van der Waals surface area contributed by atoms with Crippen LogP contribution in [0.4, 0.5) is 0 Å². The van der Waals surface area contributed by atoms with Gasteiger partial charge in [-0.25, -0.2) is 0 Å². The fourth-order valence-corrected chi connectivity index (χ4v) is 11.7. The third kappa shape index (κ3) is 4.30. The number of benzene rings is 1. The van der Waals surface area contributed by atoms with Crippen molar-refractivity contribution >= 4 is 13.9 Å². The highest BCUT2D eigenvalue weighted by Crippen LogP contribution is 2.45. The predicted molar refractivity (Wildman–Crippen MR) is 127 cm³/mol. The minimum absolute atomic E-state index is 0.328. The predicted octanol–water partition coefficient (Wildman–Crippen LogP) is 6.70. The van der Waals surface area contributed by atoms with Crippen LogP contribution in [0.3, 0.4) is 0 Å². The maximum Gasteiger partial charge on any atom is 0.186 e. The van der Waals surface area contributed by atoms with Gasteiger partial charge in [-0.15, -0.1) is 0 Å². The Balaban J connectivity index is 2.01. The average Bonchev–Trinajstić information content (AvgIpc) is 3.29. The maximum absolute atomic E-state index is 13.7. The normalized spacial score (nSPS) is 19.7. The van der Waals surface area contributed by atoms with Gasteiger partial charge in [0.2, 0.25) is 0 Å². The second kappa shape index (κ2) is 9.03. The Morgan fingerprint density at radius 1 is 0.931 bits per heavy atom. The highest BCUT2D eigenvalue weighted by atomic mass is 28.3. The van der Waals surface area contributed by atoms with Crippen LogP contribution in [0.1, 0.15) is 66.4 Å². The number of ketones is 1. The SMILES string of the molecule is CC(C)[Si](/C=C1\CC(N2CCCC2)=C(Cc2ccccc2)C1=O)(C(C)C)C(C)C. The Morgan fingerprint density at radius 2 is 1.48 bits per heavy atom. The number of carbonyl (C=O) groups is 1. The first kappa shape index (κ1) is 22.1. The first-order chi connectivity index (χ1) is 13.8. The van der Waals surface area contributed by atoms with Crippen LogP contribution in [-0.2, 0) is 11.2 Å². The Kier molecular flexibility index (Phi) is 6.88. The minimum atomic E-state index is -1.75. The highest BCUT2D eigenvalue weighted by molar-refractivity contribution is 6.88. The third-order valence-corrected chi connectivity index (χ3v) is 14.3. The molecule has 1 fully saturated rings. The smallest absolute Gasteiger partial charge is 0.186 e. The first-order valence-electron chi connectivity index (χ1n) is 11.5. The lowest BCUT2D eigenvalue weighted by Crippen LogP contribution is -2.43. The van der Waals surface area contributed by atoms with E-state index in [1.165, 1.54) is 24.1 Å². The van der Waals surface area contributed by atoms with Crippen LogP contribution in [0, 0.1) is 0 Å². The summed E-state index contributed by atoms with van der Waals surface area (Å²) in [5.41, 5.74) is 9.16. The van der Waals surface area contributed by atoms with Crippen LogP contribution >= 0.6 is 0 Å². The lowest BCUT2D eigenvalue weighted by atomic mass is 10.0. The zero-order chi connectivity index (χ0) is 21.2. The number of hydrogen-bond donors (Lipinski definition) is 0. The molecule has 0 radical (unpaired) electrons. The van der Waals surface area contributed by atoms with Gasteiger partial charge in [-0.3, -0.25) is 4.79 Å². The van der Waals surface area contributed by atoms with E-state index in [0.717, 1.165) is 37.1 Å². The molecule has 0 aromatic heterocycles. The molecule has 0 unspecified atom stereocenters. The molecule has 0 bridgehead atoms. The third-order valence-electron chi connectivity index (χ3n) is 7.41. The van der Waals surface area contributed by atoms with Crippen LogP contribution in [-0.4, -0.2) is 31.8 Å². The van der Waals surface area contributed by atoms with Crippen LogP contribution < -0.4 is 0 Å². The molecule has 158 valence electrons. The number of likely N-dealkylation sites (tertiary alicyclic amines) is 1. The van der Waals surface area contributed by atoms with Gasteiger partial charge in [0.25, 0.3) is 0 Å². The van der Waals surface area contributed by atoms with E-state index in [2.05, 4.69) is 82.5 Å². The van der Waals surface area contributed by atoms with Crippen LogP contribution in [0.2, 0.25) is 16.6 Å². The molecular weight excluding hydrogens is 370 g/mol. The summed E-state index contributed by atoms with van der Waals surface area (Å²) in [5.74, 6) is 0.328. The quantitative estimate of drug-likeness (QED) is 0.369. The van der Waals surface area contributed by atoms with Crippen molar-refractivity contribution in [1.82, 2.24) is 4.90 Å². The van der Waals surface area contributed by atoms with Gasteiger partial charge in [-0.05, 0) is 40.6 Å².